The number of rotatable bonds is 4. The van der Waals surface area contributed by atoms with Crippen molar-refractivity contribution in [3.63, 3.8) is 0 Å². The molecule has 0 N–H and O–H groups in total. The van der Waals surface area contributed by atoms with Crippen molar-refractivity contribution >= 4 is 15.8 Å². The highest BCUT2D eigenvalue weighted by Crippen LogP contribution is 2.35. The topological polar surface area (TPSA) is 84.2 Å². The highest BCUT2D eigenvalue weighted by molar-refractivity contribution is 7.89. The molecule has 0 unspecified atom stereocenters. The Kier molecular flexibility index (Phi) is 5.67. The fourth-order valence-corrected chi connectivity index (χ4v) is 5.34. The van der Waals surface area contributed by atoms with Crippen LogP contribution in [-0.4, -0.2) is 58.7 Å². The van der Waals surface area contributed by atoms with Gasteiger partial charge in [0.1, 0.15) is 12.1 Å². The van der Waals surface area contributed by atoms with Crippen LogP contribution in [0, 0.1) is 13.8 Å². The molecule has 12 heteroatoms. The Bertz CT molecular complexity index is 1230. The van der Waals surface area contributed by atoms with Gasteiger partial charge in [-0.3, -0.25) is 0 Å². The summed E-state index contributed by atoms with van der Waals surface area (Å²) in [6, 6.07) is 7.92. The minimum atomic E-state index is -4.76. The van der Waals surface area contributed by atoms with Crippen LogP contribution >= 0.6 is 0 Å². The lowest BCUT2D eigenvalue weighted by Crippen LogP contribution is -2.49. The number of halogens is 3. The van der Waals surface area contributed by atoms with Crippen LogP contribution in [0.15, 0.2) is 47.6 Å². The molecule has 3 heterocycles. The van der Waals surface area contributed by atoms with Gasteiger partial charge in [-0.05, 0) is 32.0 Å². The molecule has 1 aliphatic rings. The van der Waals surface area contributed by atoms with Gasteiger partial charge >= 0.3 is 6.18 Å². The Labute approximate surface area is 183 Å². The van der Waals surface area contributed by atoms with Crippen molar-refractivity contribution in [1.29, 1.82) is 0 Å². The summed E-state index contributed by atoms with van der Waals surface area (Å²) in [6.07, 6.45) is -3.35. The summed E-state index contributed by atoms with van der Waals surface area (Å²) < 4.78 is 68.6. The molecule has 0 spiro atoms. The normalized spacial score (nSPS) is 15.8. The van der Waals surface area contributed by atoms with Gasteiger partial charge in [0.05, 0.1) is 16.2 Å². The smallest absolute Gasteiger partial charge is 0.354 e. The molecular weight excluding hydrogens is 445 g/mol. The fourth-order valence-electron chi connectivity index (χ4n) is 3.71. The first kappa shape index (κ1) is 22.2. The lowest BCUT2D eigenvalue weighted by Gasteiger charge is -2.35. The van der Waals surface area contributed by atoms with Crippen molar-refractivity contribution in [3.8, 4) is 5.82 Å². The Morgan fingerprint density at radius 1 is 0.938 bits per heavy atom. The average Bonchev–Trinajstić information content (AvgIpc) is 3.11. The number of aromatic nitrogens is 4. The number of nitrogens with zero attached hydrogens (tertiary/aromatic N) is 6. The fraction of sp³-hybridized carbons (Fsp3) is 0.350. The van der Waals surface area contributed by atoms with Gasteiger partial charge in [0.2, 0.25) is 10.0 Å². The van der Waals surface area contributed by atoms with Gasteiger partial charge < -0.3 is 4.90 Å². The van der Waals surface area contributed by atoms with Crippen LogP contribution in [0.4, 0.5) is 19.0 Å². The third kappa shape index (κ3) is 4.19. The van der Waals surface area contributed by atoms with Crippen LogP contribution in [0.1, 0.15) is 17.0 Å². The first-order chi connectivity index (χ1) is 15.1. The molecule has 1 fully saturated rings. The largest absolute Gasteiger partial charge is 0.417 e. The quantitative estimate of drug-likeness (QED) is 0.588. The zero-order valence-corrected chi connectivity index (χ0v) is 18.2. The Morgan fingerprint density at radius 2 is 1.59 bits per heavy atom. The van der Waals surface area contributed by atoms with Gasteiger partial charge in [-0.1, -0.05) is 12.1 Å². The molecule has 3 aromatic rings. The molecule has 0 saturated carbocycles. The first-order valence-corrected chi connectivity index (χ1v) is 11.3. The van der Waals surface area contributed by atoms with Crippen molar-refractivity contribution in [3.05, 3.63) is 59.7 Å². The second-order valence-electron chi connectivity index (χ2n) is 7.46. The number of hydrogen-bond donors (Lipinski definition) is 0. The molecule has 1 saturated heterocycles. The summed E-state index contributed by atoms with van der Waals surface area (Å²) in [6.45, 7) is 4.41. The molecular formula is C20H21F3N6O2S. The Balaban J connectivity index is 1.53. The molecule has 0 amide bonds. The van der Waals surface area contributed by atoms with E-state index < -0.39 is 26.7 Å². The Morgan fingerprint density at radius 3 is 2.22 bits per heavy atom. The lowest BCUT2D eigenvalue weighted by atomic mass is 10.2. The van der Waals surface area contributed by atoms with E-state index in [0.717, 1.165) is 27.8 Å². The molecule has 0 aliphatic carbocycles. The standard InChI is InChI=1S/C20H21F3N6O2S/c1-14-11-15(2)29(26-14)19-12-18(24-13-25-19)27-7-9-28(10-8-27)32(30,31)17-6-4-3-5-16(17)20(21,22)23/h3-6,11-13H,7-10H2,1-2H3. The van der Waals surface area contributed by atoms with Crippen LogP contribution in [-0.2, 0) is 16.2 Å². The van der Waals surface area contributed by atoms with Crippen molar-refractivity contribution in [2.75, 3.05) is 31.1 Å². The summed E-state index contributed by atoms with van der Waals surface area (Å²) >= 11 is 0. The zero-order chi connectivity index (χ0) is 23.1. The predicted molar refractivity (Wildman–Crippen MR) is 111 cm³/mol. The molecule has 4 rings (SSSR count). The highest BCUT2D eigenvalue weighted by Gasteiger charge is 2.39. The summed E-state index contributed by atoms with van der Waals surface area (Å²) in [5, 5.41) is 4.40. The monoisotopic (exact) mass is 466 g/mol. The molecule has 170 valence electrons. The number of hydrogen-bond acceptors (Lipinski definition) is 6. The van der Waals surface area contributed by atoms with Gasteiger partial charge in [-0.15, -0.1) is 0 Å². The van der Waals surface area contributed by atoms with Crippen molar-refractivity contribution in [2.24, 2.45) is 0 Å². The maximum atomic E-state index is 13.3. The summed E-state index contributed by atoms with van der Waals surface area (Å²) in [5.74, 6) is 1.17. The second kappa shape index (κ2) is 8.17. The zero-order valence-electron chi connectivity index (χ0n) is 17.4. The molecule has 32 heavy (non-hydrogen) atoms. The summed E-state index contributed by atoms with van der Waals surface area (Å²) in [7, 11) is -4.30. The number of benzene rings is 1. The molecule has 1 aliphatic heterocycles. The van der Waals surface area contributed by atoms with E-state index in [2.05, 4.69) is 15.1 Å². The molecule has 0 radical (unpaired) electrons. The predicted octanol–water partition coefficient (Wildman–Crippen LogP) is 2.81. The number of anilines is 1. The van der Waals surface area contributed by atoms with Crippen LogP contribution < -0.4 is 4.90 Å². The van der Waals surface area contributed by atoms with Crippen LogP contribution in [0.2, 0.25) is 0 Å². The Hall–Kier alpha value is -2.99. The van der Waals surface area contributed by atoms with E-state index in [1.807, 2.05) is 24.8 Å². The van der Waals surface area contributed by atoms with Gasteiger partial charge in [0.15, 0.2) is 5.82 Å². The van der Waals surface area contributed by atoms with Gasteiger partial charge in [0, 0.05) is 37.9 Å². The van der Waals surface area contributed by atoms with Crippen LogP contribution in [0.25, 0.3) is 5.82 Å². The number of piperazine rings is 1. The maximum Gasteiger partial charge on any atom is 0.417 e. The van der Waals surface area contributed by atoms with Crippen LogP contribution in [0.3, 0.4) is 0 Å². The minimum absolute atomic E-state index is 0.0355. The van der Waals surface area contributed by atoms with E-state index in [0.29, 0.717) is 11.6 Å². The summed E-state index contributed by atoms with van der Waals surface area (Å²) in [5.41, 5.74) is 0.597. The van der Waals surface area contributed by atoms with Crippen molar-refractivity contribution in [1.82, 2.24) is 24.1 Å². The van der Waals surface area contributed by atoms with Gasteiger partial charge in [-0.2, -0.15) is 22.6 Å². The van der Waals surface area contributed by atoms with Crippen LogP contribution in [0.5, 0.6) is 0 Å². The van der Waals surface area contributed by atoms with E-state index >= 15 is 0 Å². The van der Waals surface area contributed by atoms with E-state index in [1.54, 1.807) is 10.7 Å². The minimum Gasteiger partial charge on any atom is -0.354 e. The number of alkyl halides is 3. The molecule has 2 aromatic heterocycles. The SMILES string of the molecule is Cc1cc(C)n(-c2cc(N3CCN(S(=O)(=O)c4ccccc4C(F)(F)F)CC3)ncn2)n1. The van der Waals surface area contributed by atoms with E-state index in [4.69, 9.17) is 0 Å². The molecule has 0 atom stereocenters. The summed E-state index contributed by atoms with van der Waals surface area (Å²) in [4.78, 5) is 9.68. The first-order valence-electron chi connectivity index (χ1n) is 9.84. The second-order valence-corrected chi connectivity index (χ2v) is 9.36. The third-order valence-corrected chi connectivity index (χ3v) is 7.19. The van der Waals surface area contributed by atoms with E-state index in [9.17, 15) is 21.6 Å². The number of sulfonamides is 1. The third-order valence-electron chi connectivity index (χ3n) is 5.24. The lowest BCUT2D eigenvalue weighted by molar-refractivity contribution is -0.139. The number of aryl methyl sites for hydroxylation is 2. The van der Waals surface area contributed by atoms with Crippen molar-refractivity contribution < 1.29 is 21.6 Å². The van der Waals surface area contributed by atoms with E-state index in [-0.39, 0.29) is 26.2 Å². The highest BCUT2D eigenvalue weighted by atomic mass is 32.2. The maximum absolute atomic E-state index is 13.3. The average molecular weight is 466 g/mol. The van der Waals surface area contributed by atoms with Gasteiger partial charge in [-0.25, -0.2) is 23.1 Å². The van der Waals surface area contributed by atoms with Crippen molar-refractivity contribution in [2.45, 2.75) is 24.9 Å². The molecule has 1 aromatic carbocycles. The molecule has 0 bridgehead atoms. The molecule has 8 nitrogen and oxygen atoms in total. The van der Waals surface area contributed by atoms with Gasteiger partial charge in [0.25, 0.3) is 0 Å². The van der Waals surface area contributed by atoms with E-state index in [1.165, 1.54) is 18.5 Å².